The number of aromatic nitrogens is 2. The van der Waals surface area contributed by atoms with Crippen LogP contribution in [0.25, 0.3) is 11.3 Å². The molecule has 1 fully saturated rings. The van der Waals surface area contributed by atoms with E-state index in [1.54, 1.807) is 0 Å². The van der Waals surface area contributed by atoms with Gasteiger partial charge in [0.1, 0.15) is 11.5 Å². The van der Waals surface area contributed by atoms with E-state index in [9.17, 15) is 0 Å². The maximum Gasteiger partial charge on any atom is 0.137 e. The van der Waals surface area contributed by atoms with Crippen molar-refractivity contribution >= 4 is 0 Å². The predicted octanol–water partition coefficient (Wildman–Crippen LogP) is 2.76. The molecule has 2 aromatic rings. The molecule has 2 aromatic heterocycles. The number of nitrogens with zero attached hydrogens (tertiary/aromatic N) is 2. The molecule has 4 heteroatoms. The first-order chi connectivity index (χ1) is 9.16. The number of hydrogen-bond donors (Lipinski definition) is 1. The lowest BCUT2D eigenvalue weighted by Crippen LogP contribution is -2.27. The average molecular weight is 259 g/mol. The molecule has 3 heterocycles. The highest BCUT2D eigenvalue weighted by atomic mass is 16.3. The molecule has 0 aromatic carbocycles. The van der Waals surface area contributed by atoms with E-state index in [1.165, 1.54) is 17.0 Å². The van der Waals surface area contributed by atoms with Crippen LogP contribution in [0.2, 0.25) is 0 Å². The fourth-order valence-corrected chi connectivity index (χ4v) is 2.89. The minimum atomic E-state index is 0.543. The fraction of sp³-hybridized carbons (Fsp3) is 0.533. The highest BCUT2D eigenvalue weighted by molar-refractivity contribution is 5.64. The molecule has 0 amide bonds. The van der Waals surface area contributed by atoms with Gasteiger partial charge in [0.05, 0.1) is 11.3 Å². The molecule has 3 rings (SSSR count). The van der Waals surface area contributed by atoms with Gasteiger partial charge >= 0.3 is 0 Å². The Labute approximate surface area is 113 Å². The van der Waals surface area contributed by atoms with Crippen LogP contribution >= 0.6 is 0 Å². The molecular formula is C15H21N3O. The van der Waals surface area contributed by atoms with Crippen molar-refractivity contribution in [3.8, 4) is 11.3 Å². The molecule has 1 aliphatic rings. The van der Waals surface area contributed by atoms with Gasteiger partial charge in [-0.2, -0.15) is 5.10 Å². The van der Waals surface area contributed by atoms with Crippen LogP contribution in [0.15, 0.2) is 16.5 Å². The fourth-order valence-electron chi connectivity index (χ4n) is 2.89. The van der Waals surface area contributed by atoms with Crippen molar-refractivity contribution in [2.45, 2.75) is 32.6 Å². The van der Waals surface area contributed by atoms with Gasteiger partial charge in [-0.15, -0.1) is 0 Å². The zero-order valence-corrected chi connectivity index (χ0v) is 11.9. The van der Waals surface area contributed by atoms with Crippen LogP contribution in [0.5, 0.6) is 0 Å². The first-order valence-corrected chi connectivity index (χ1v) is 6.98. The van der Waals surface area contributed by atoms with E-state index in [0.29, 0.717) is 5.92 Å². The molecule has 0 spiro atoms. The Hall–Kier alpha value is -1.55. The van der Waals surface area contributed by atoms with Gasteiger partial charge in [-0.05, 0) is 51.9 Å². The SMILES string of the molecule is Cc1ccc(-c2c(C3CCNCC3)nn(C)c2C)o1. The molecule has 1 saturated heterocycles. The quantitative estimate of drug-likeness (QED) is 0.901. The average Bonchev–Trinajstić information content (AvgIpc) is 2.96. The molecule has 19 heavy (non-hydrogen) atoms. The van der Waals surface area contributed by atoms with Crippen LogP contribution < -0.4 is 5.32 Å². The molecule has 0 saturated carbocycles. The highest BCUT2D eigenvalue weighted by Crippen LogP contribution is 2.36. The van der Waals surface area contributed by atoms with E-state index >= 15 is 0 Å². The number of rotatable bonds is 2. The summed E-state index contributed by atoms with van der Waals surface area (Å²) in [4.78, 5) is 0. The third kappa shape index (κ3) is 2.21. The topological polar surface area (TPSA) is 43.0 Å². The zero-order valence-electron chi connectivity index (χ0n) is 11.9. The van der Waals surface area contributed by atoms with Crippen LogP contribution in [-0.2, 0) is 7.05 Å². The summed E-state index contributed by atoms with van der Waals surface area (Å²) in [5.74, 6) is 2.45. The third-order valence-corrected chi connectivity index (χ3v) is 4.07. The number of furan rings is 1. The largest absolute Gasteiger partial charge is 0.461 e. The summed E-state index contributed by atoms with van der Waals surface area (Å²) in [5.41, 5.74) is 3.58. The van der Waals surface area contributed by atoms with Gasteiger partial charge in [-0.3, -0.25) is 4.68 Å². The van der Waals surface area contributed by atoms with Gasteiger partial charge in [0.15, 0.2) is 0 Å². The van der Waals surface area contributed by atoms with Gasteiger partial charge in [-0.1, -0.05) is 0 Å². The van der Waals surface area contributed by atoms with Gasteiger partial charge in [0, 0.05) is 18.7 Å². The van der Waals surface area contributed by atoms with Crippen molar-refractivity contribution in [1.82, 2.24) is 15.1 Å². The Morgan fingerprint density at radius 1 is 1.26 bits per heavy atom. The Kier molecular flexibility index (Phi) is 3.19. The third-order valence-electron chi connectivity index (χ3n) is 4.07. The molecule has 1 N–H and O–H groups in total. The second kappa shape index (κ2) is 4.85. The van der Waals surface area contributed by atoms with Crippen molar-refractivity contribution in [3.05, 3.63) is 29.3 Å². The highest BCUT2D eigenvalue weighted by Gasteiger charge is 2.25. The normalized spacial score (nSPS) is 17.0. The molecule has 4 nitrogen and oxygen atoms in total. The standard InChI is InChI=1S/C15H21N3O/c1-10-4-5-13(19-10)14-11(2)18(3)17-15(14)12-6-8-16-9-7-12/h4-5,12,16H,6-9H2,1-3H3. The minimum absolute atomic E-state index is 0.543. The smallest absolute Gasteiger partial charge is 0.137 e. The van der Waals surface area contributed by atoms with Gasteiger partial charge in [-0.25, -0.2) is 0 Å². The van der Waals surface area contributed by atoms with Crippen molar-refractivity contribution < 1.29 is 4.42 Å². The van der Waals surface area contributed by atoms with Crippen LogP contribution in [0, 0.1) is 13.8 Å². The van der Waals surface area contributed by atoms with Crippen LogP contribution in [-0.4, -0.2) is 22.9 Å². The molecule has 0 radical (unpaired) electrons. The van der Waals surface area contributed by atoms with Crippen molar-refractivity contribution in [1.29, 1.82) is 0 Å². The summed E-state index contributed by atoms with van der Waals surface area (Å²) in [5, 5.41) is 8.16. The lowest BCUT2D eigenvalue weighted by Gasteiger charge is -2.21. The molecule has 0 aliphatic carbocycles. The first kappa shape index (κ1) is 12.5. The molecule has 1 aliphatic heterocycles. The molecule has 0 bridgehead atoms. The van der Waals surface area contributed by atoms with Crippen molar-refractivity contribution in [2.24, 2.45) is 7.05 Å². The maximum atomic E-state index is 5.83. The van der Waals surface area contributed by atoms with E-state index < -0.39 is 0 Å². The van der Waals surface area contributed by atoms with E-state index in [-0.39, 0.29) is 0 Å². The lowest BCUT2D eigenvalue weighted by molar-refractivity contribution is 0.449. The predicted molar refractivity (Wildman–Crippen MR) is 75.2 cm³/mol. The Morgan fingerprint density at radius 3 is 2.63 bits per heavy atom. The lowest BCUT2D eigenvalue weighted by atomic mass is 9.91. The van der Waals surface area contributed by atoms with Crippen LogP contribution in [0.4, 0.5) is 0 Å². The van der Waals surface area contributed by atoms with Gasteiger partial charge in [0.25, 0.3) is 0 Å². The van der Waals surface area contributed by atoms with Crippen molar-refractivity contribution in [2.75, 3.05) is 13.1 Å². The monoisotopic (exact) mass is 259 g/mol. The number of nitrogens with one attached hydrogen (secondary N) is 1. The number of aryl methyl sites for hydroxylation is 2. The zero-order chi connectivity index (χ0) is 13.4. The molecule has 0 unspecified atom stereocenters. The maximum absolute atomic E-state index is 5.83. The summed E-state index contributed by atoms with van der Waals surface area (Å²) in [6.07, 6.45) is 2.31. The first-order valence-electron chi connectivity index (χ1n) is 6.98. The summed E-state index contributed by atoms with van der Waals surface area (Å²) in [6, 6.07) is 4.08. The number of hydrogen-bond acceptors (Lipinski definition) is 3. The van der Waals surface area contributed by atoms with Gasteiger partial charge < -0.3 is 9.73 Å². The Morgan fingerprint density at radius 2 is 2.00 bits per heavy atom. The summed E-state index contributed by atoms with van der Waals surface area (Å²) >= 11 is 0. The molecular weight excluding hydrogens is 238 g/mol. The summed E-state index contributed by atoms with van der Waals surface area (Å²) < 4.78 is 7.80. The summed E-state index contributed by atoms with van der Waals surface area (Å²) in [6.45, 7) is 6.26. The van der Waals surface area contributed by atoms with Crippen molar-refractivity contribution in [3.63, 3.8) is 0 Å². The molecule has 0 atom stereocenters. The Bertz CT molecular complexity index is 576. The van der Waals surface area contributed by atoms with Crippen LogP contribution in [0.1, 0.15) is 35.9 Å². The minimum Gasteiger partial charge on any atom is -0.461 e. The van der Waals surface area contributed by atoms with Crippen LogP contribution in [0.3, 0.4) is 0 Å². The Balaban J connectivity index is 2.06. The van der Waals surface area contributed by atoms with E-state index in [2.05, 4.69) is 18.3 Å². The second-order valence-electron chi connectivity index (χ2n) is 5.40. The van der Waals surface area contributed by atoms with Gasteiger partial charge in [0.2, 0.25) is 0 Å². The number of piperidine rings is 1. The molecule has 102 valence electrons. The van der Waals surface area contributed by atoms with E-state index in [0.717, 1.165) is 37.5 Å². The second-order valence-corrected chi connectivity index (χ2v) is 5.40. The van der Waals surface area contributed by atoms with E-state index in [1.807, 2.05) is 24.7 Å². The summed E-state index contributed by atoms with van der Waals surface area (Å²) in [7, 11) is 2.01. The van der Waals surface area contributed by atoms with E-state index in [4.69, 9.17) is 9.52 Å².